The Morgan fingerprint density at radius 2 is 1.37 bits per heavy atom. The van der Waals surface area contributed by atoms with Crippen LogP contribution in [0.4, 0.5) is 0 Å². The highest BCUT2D eigenvalue weighted by Crippen LogP contribution is 2.71. The van der Waals surface area contributed by atoms with Gasteiger partial charge < -0.3 is 0 Å². The zero-order valence-electron chi connectivity index (χ0n) is 24.4. The number of aromatic nitrogens is 4. The third kappa shape index (κ3) is 4.32. The number of rotatable bonds is 7. The van der Waals surface area contributed by atoms with Crippen molar-refractivity contribution in [2.45, 2.75) is 43.2 Å². The van der Waals surface area contributed by atoms with Gasteiger partial charge in [-0.2, -0.15) is 0 Å². The highest BCUT2D eigenvalue weighted by Gasteiger charge is 2.61. The summed E-state index contributed by atoms with van der Waals surface area (Å²) in [4.78, 5) is 19.1. The van der Waals surface area contributed by atoms with Crippen LogP contribution < -0.4 is 0 Å². The van der Waals surface area contributed by atoms with Crippen LogP contribution in [-0.2, 0) is 5.16 Å². The third-order valence-electron chi connectivity index (χ3n) is 11.1. The minimum atomic E-state index is -0.698. The fourth-order valence-corrected chi connectivity index (χ4v) is 11.2. The molecule has 4 nitrogen and oxygen atoms in total. The van der Waals surface area contributed by atoms with Crippen molar-refractivity contribution in [1.29, 1.82) is 0 Å². The van der Waals surface area contributed by atoms with Gasteiger partial charge in [0.15, 0.2) is 0 Å². The van der Waals surface area contributed by atoms with E-state index in [1.165, 1.54) is 54.4 Å². The molecular formula is C37H38N4P2. The topological polar surface area (TPSA) is 51.6 Å². The van der Waals surface area contributed by atoms with Crippen molar-refractivity contribution in [2.75, 3.05) is 6.16 Å². The second-order valence-corrected chi connectivity index (χ2v) is 14.6. The quantitative estimate of drug-likeness (QED) is 0.203. The number of nitrogens with zero attached hydrogens (tertiary/aromatic N) is 4. The number of benzene rings is 2. The highest BCUT2D eigenvalue weighted by atomic mass is 31.0. The molecule has 216 valence electrons. The molecule has 2 aromatic heterocycles. The summed E-state index contributed by atoms with van der Waals surface area (Å²) in [6.07, 6.45) is 21.4. The van der Waals surface area contributed by atoms with E-state index in [0.29, 0.717) is 5.92 Å². The first-order valence-corrected chi connectivity index (χ1v) is 17.1. The lowest BCUT2D eigenvalue weighted by Gasteiger charge is -2.63. The summed E-state index contributed by atoms with van der Waals surface area (Å²) in [6, 6.07) is 22.3. The Labute approximate surface area is 259 Å². The smallest absolute Gasteiger partial charge is 0.0964 e. The minimum Gasteiger partial charge on any atom is -0.261 e. The molecule has 9 rings (SSSR count). The first-order chi connectivity index (χ1) is 21.1. The van der Waals surface area contributed by atoms with E-state index in [9.17, 15) is 0 Å². The Morgan fingerprint density at radius 3 is 1.93 bits per heavy atom. The molecular weight excluding hydrogens is 562 g/mol. The molecule has 6 heteroatoms. The fraction of sp³-hybridized carbons (Fsp3) is 0.351. The number of allylic oxidation sites excluding steroid dienone is 4. The van der Waals surface area contributed by atoms with Crippen LogP contribution in [0.2, 0.25) is 0 Å². The van der Waals surface area contributed by atoms with Crippen LogP contribution in [0, 0.1) is 29.1 Å². The van der Waals surface area contributed by atoms with Gasteiger partial charge in [-0.15, -0.1) is 18.5 Å². The summed E-state index contributed by atoms with van der Waals surface area (Å²) in [7, 11) is 6.41. The summed E-state index contributed by atoms with van der Waals surface area (Å²) in [5.74, 6) is 3.21. The van der Waals surface area contributed by atoms with Gasteiger partial charge in [0.1, 0.15) is 0 Å². The molecule has 5 aliphatic rings. The van der Waals surface area contributed by atoms with E-state index in [2.05, 4.69) is 95.2 Å². The first-order valence-electron chi connectivity index (χ1n) is 15.7. The Balaban J connectivity index is 1.48. The maximum absolute atomic E-state index is 4.97. The largest absolute Gasteiger partial charge is 0.261 e. The van der Waals surface area contributed by atoms with Gasteiger partial charge in [-0.3, -0.25) is 19.9 Å². The standard InChI is InChI=1S/C37H38N4P2/c42-23-31-28-16-24-15-25(17-28)20-36(31,19-24)35-30(37(43,32-21-38-11-13-40-32)33-22-39-12-14-41-33)18-29(26-7-3-1-4-8-26)34(35)27-9-5-2-6-10-27/h1-14,18,21-22,24-25,28,31,34H,15-17,19-20,23,42-43H2. The van der Waals surface area contributed by atoms with Crippen LogP contribution >= 0.6 is 18.5 Å². The van der Waals surface area contributed by atoms with E-state index < -0.39 is 5.16 Å². The molecule has 6 atom stereocenters. The second-order valence-electron chi connectivity index (χ2n) is 13.2. The molecule has 2 aromatic carbocycles. The molecule has 6 unspecified atom stereocenters. The number of hydrogen-bond donors (Lipinski definition) is 0. The zero-order chi connectivity index (χ0) is 29.0. The maximum atomic E-state index is 4.97. The van der Waals surface area contributed by atoms with Crippen molar-refractivity contribution in [3.63, 3.8) is 0 Å². The van der Waals surface area contributed by atoms with Crippen molar-refractivity contribution < 1.29 is 0 Å². The van der Waals surface area contributed by atoms with E-state index in [1.54, 1.807) is 18.0 Å². The molecule has 4 saturated carbocycles. The van der Waals surface area contributed by atoms with Gasteiger partial charge in [0.05, 0.1) is 28.9 Å². The molecule has 5 aliphatic carbocycles. The van der Waals surface area contributed by atoms with Crippen LogP contribution in [0.5, 0.6) is 0 Å². The third-order valence-corrected chi connectivity index (χ3v) is 12.5. The summed E-state index contributed by atoms with van der Waals surface area (Å²) < 4.78 is 0. The van der Waals surface area contributed by atoms with E-state index in [1.807, 2.05) is 24.8 Å². The summed E-state index contributed by atoms with van der Waals surface area (Å²) in [6.45, 7) is 0. The van der Waals surface area contributed by atoms with Crippen LogP contribution in [0.3, 0.4) is 0 Å². The van der Waals surface area contributed by atoms with Gasteiger partial charge in [-0.25, -0.2) is 0 Å². The molecule has 4 aromatic rings. The Kier molecular flexibility index (Phi) is 6.92. The SMILES string of the molecule is PCC1C2CC3CC(C2)CC1(C1=C(C(P)(c2cnccn2)c2cnccn2)C=C(c2ccccc2)C1c1ccccc1)C3. The number of hydrogen-bond acceptors (Lipinski definition) is 4. The van der Waals surface area contributed by atoms with Gasteiger partial charge in [-0.05, 0) is 95.2 Å². The maximum Gasteiger partial charge on any atom is 0.0964 e. The molecule has 0 radical (unpaired) electrons. The van der Waals surface area contributed by atoms with Gasteiger partial charge >= 0.3 is 0 Å². The van der Waals surface area contributed by atoms with E-state index in [-0.39, 0.29) is 11.3 Å². The van der Waals surface area contributed by atoms with Gasteiger partial charge in [0.25, 0.3) is 0 Å². The minimum absolute atomic E-state index is 0.117. The van der Waals surface area contributed by atoms with Crippen molar-refractivity contribution in [1.82, 2.24) is 19.9 Å². The summed E-state index contributed by atoms with van der Waals surface area (Å²) in [5.41, 5.74) is 8.82. The highest BCUT2D eigenvalue weighted by molar-refractivity contribution is 7.19. The molecule has 2 heterocycles. The molecule has 0 aliphatic heterocycles. The predicted octanol–water partition coefficient (Wildman–Crippen LogP) is 7.88. The first kappa shape index (κ1) is 27.5. The normalized spacial score (nSPS) is 29.6. The van der Waals surface area contributed by atoms with Crippen LogP contribution in [0.25, 0.3) is 5.57 Å². The lowest BCUT2D eigenvalue weighted by Crippen LogP contribution is -2.55. The van der Waals surface area contributed by atoms with Gasteiger partial charge in [-0.1, -0.05) is 66.7 Å². The lowest BCUT2D eigenvalue weighted by molar-refractivity contribution is -0.0798. The average molecular weight is 601 g/mol. The Hall–Kier alpha value is -3.06. The second kappa shape index (κ2) is 10.8. The summed E-state index contributed by atoms with van der Waals surface area (Å²) >= 11 is 0. The Bertz CT molecular complexity index is 1620. The van der Waals surface area contributed by atoms with E-state index >= 15 is 0 Å². The lowest BCUT2D eigenvalue weighted by atomic mass is 9.42. The van der Waals surface area contributed by atoms with Crippen molar-refractivity contribution in [2.24, 2.45) is 29.1 Å². The molecule has 0 N–H and O–H groups in total. The predicted molar refractivity (Wildman–Crippen MR) is 179 cm³/mol. The zero-order valence-corrected chi connectivity index (χ0v) is 26.7. The van der Waals surface area contributed by atoms with Crippen LogP contribution in [0.1, 0.15) is 60.5 Å². The van der Waals surface area contributed by atoms with Crippen molar-refractivity contribution >= 4 is 24.1 Å². The summed E-state index contributed by atoms with van der Waals surface area (Å²) in [5, 5.41) is -0.698. The monoisotopic (exact) mass is 600 g/mol. The molecule has 0 amide bonds. The Morgan fingerprint density at radius 1 is 0.767 bits per heavy atom. The van der Waals surface area contributed by atoms with Gasteiger partial charge in [0.2, 0.25) is 0 Å². The van der Waals surface area contributed by atoms with Crippen LogP contribution in [0.15, 0.2) is 115 Å². The molecule has 43 heavy (non-hydrogen) atoms. The van der Waals surface area contributed by atoms with Crippen LogP contribution in [-0.4, -0.2) is 26.1 Å². The molecule has 4 bridgehead atoms. The van der Waals surface area contributed by atoms with Gasteiger partial charge in [0, 0.05) is 30.7 Å². The molecule has 4 fully saturated rings. The van der Waals surface area contributed by atoms with Crippen molar-refractivity contribution in [3.05, 3.63) is 138 Å². The fourth-order valence-electron chi connectivity index (χ4n) is 9.78. The molecule has 0 spiro atoms. The van der Waals surface area contributed by atoms with E-state index in [0.717, 1.165) is 35.3 Å². The van der Waals surface area contributed by atoms with E-state index in [4.69, 9.17) is 9.97 Å². The van der Waals surface area contributed by atoms with Crippen molar-refractivity contribution in [3.8, 4) is 0 Å². The molecule has 0 saturated heterocycles. The average Bonchev–Trinajstić information content (AvgIpc) is 3.48.